The Bertz CT molecular complexity index is 896. The van der Waals surface area contributed by atoms with Crippen molar-refractivity contribution in [3.8, 4) is 0 Å². The molecule has 24 heavy (non-hydrogen) atoms. The molecule has 0 saturated carbocycles. The topological polar surface area (TPSA) is 36.4 Å². The van der Waals surface area contributed by atoms with Gasteiger partial charge in [0.2, 0.25) is 0 Å². The van der Waals surface area contributed by atoms with Crippen LogP contribution in [0.25, 0.3) is 10.2 Å². The maximum absolute atomic E-state index is 12.5. The molecule has 1 aromatic carbocycles. The molecule has 0 N–H and O–H groups in total. The smallest absolute Gasteiger partial charge is 0.264 e. The summed E-state index contributed by atoms with van der Waals surface area (Å²) in [4.78, 5) is 22.1. The van der Waals surface area contributed by atoms with Gasteiger partial charge in [0.05, 0.1) is 19.4 Å². The molecule has 1 saturated heterocycles. The van der Waals surface area contributed by atoms with Gasteiger partial charge in [-0.1, -0.05) is 29.0 Å². The number of rotatable bonds is 2. The van der Waals surface area contributed by atoms with E-state index in [0.717, 1.165) is 23.7 Å². The van der Waals surface area contributed by atoms with E-state index in [0.29, 0.717) is 22.3 Å². The van der Waals surface area contributed by atoms with Gasteiger partial charge in [-0.3, -0.25) is 4.79 Å². The third-order valence-corrected chi connectivity index (χ3v) is 6.45. The number of hydrogen-bond acceptors (Lipinski definition) is 5. The van der Waals surface area contributed by atoms with E-state index in [1.807, 2.05) is 4.90 Å². The molecule has 0 bridgehead atoms. The van der Waals surface area contributed by atoms with Crippen LogP contribution in [-0.2, 0) is 0 Å². The normalized spacial score (nSPS) is 15.2. The number of carbonyl (C=O) groups excluding carboxylic acids is 1. The molecule has 1 amide bonds. The zero-order valence-electron chi connectivity index (χ0n) is 13.2. The maximum atomic E-state index is 12.5. The molecule has 0 radical (unpaired) electrons. The Balaban J connectivity index is 1.46. The highest BCUT2D eigenvalue weighted by Crippen LogP contribution is 2.30. The molecule has 7 heteroatoms. The minimum Gasteiger partial charge on any atom is -0.345 e. The van der Waals surface area contributed by atoms with E-state index in [4.69, 9.17) is 16.6 Å². The predicted molar refractivity (Wildman–Crippen MR) is 102 cm³/mol. The summed E-state index contributed by atoms with van der Waals surface area (Å²) in [6.07, 6.45) is 0. The molecule has 0 atom stereocenters. The third kappa shape index (κ3) is 3.01. The van der Waals surface area contributed by atoms with E-state index < -0.39 is 0 Å². The molecule has 0 aliphatic carbocycles. The molecule has 3 heterocycles. The Morgan fingerprint density at radius 2 is 1.92 bits per heavy atom. The summed E-state index contributed by atoms with van der Waals surface area (Å²) in [5.41, 5.74) is 2.30. The lowest BCUT2D eigenvalue weighted by Crippen LogP contribution is -2.48. The molecule has 4 rings (SSSR count). The standard InChI is InChI=1S/C17H16ClN3OS2/c1-11-2-3-12-14(10-11)24-17(19-12)21-8-6-20(7-9-21)16(22)13-4-5-15(18)23-13/h2-5,10H,6-9H2,1H3. The molecule has 124 valence electrons. The van der Waals surface area contributed by atoms with Gasteiger partial charge in [-0.2, -0.15) is 0 Å². The van der Waals surface area contributed by atoms with Crippen molar-refractivity contribution in [2.45, 2.75) is 6.92 Å². The van der Waals surface area contributed by atoms with Crippen molar-refractivity contribution in [3.05, 3.63) is 45.1 Å². The average molecular weight is 378 g/mol. The van der Waals surface area contributed by atoms with Crippen LogP contribution >= 0.6 is 34.3 Å². The fourth-order valence-corrected chi connectivity index (χ4v) is 4.97. The van der Waals surface area contributed by atoms with Crippen LogP contribution in [0.4, 0.5) is 5.13 Å². The molecule has 1 fully saturated rings. The van der Waals surface area contributed by atoms with E-state index in [1.54, 1.807) is 23.5 Å². The van der Waals surface area contributed by atoms with Crippen molar-refractivity contribution in [2.75, 3.05) is 31.1 Å². The van der Waals surface area contributed by atoms with Gasteiger partial charge in [0.25, 0.3) is 5.91 Å². The van der Waals surface area contributed by atoms with Gasteiger partial charge in [-0.15, -0.1) is 11.3 Å². The van der Waals surface area contributed by atoms with Gasteiger partial charge in [-0.25, -0.2) is 4.98 Å². The zero-order chi connectivity index (χ0) is 16.7. The Kier molecular flexibility index (Phi) is 4.20. The summed E-state index contributed by atoms with van der Waals surface area (Å²) < 4.78 is 1.87. The Labute approximate surface area is 153 Å². The van der Waals surface area contributed by atoms with E-state index >= 15 is 0 Å². The predicted octanol–water partition coefficient (Wildman–Crippen LogP) is 4.28. The van der Waals surface area contributed by atoms with Crippen LogP contribution in [0.3, 0.4) is 0 Å². The molecule has 2 aromatic heterocycles. The number of hydrogen-bond donors (Lipinski definition) is 0. The van der Waals surface area contributed by atoms with Crippen molar-refractivity contribution < 1.29 is 4.79 Å². The number of benzene rings is 1. The molecule has 1 aliphatic heterocycles. The Morgan fingerprint density at radius 3 is 2.62 bits per heavy atom. The van der Waals surface area contributed by atoms with Crippen LogP contribution < -0.4 is 4.90 Å². The van der Waals surface area contributed by atoms with Gasteiger partial charge in [0, 0.05) is 26.2 Å². The number of anilines is 1. The van der Waals surface area contributed by atoms with Crippen LogP contribution in [0.1, 0.15) is 15.2 Å². The number of aryl methyl sites for hydroxylation is 1. The Hall–Kier alpha value is -1.63. The van der Waals surface area contributed by atoms with Crippen molar-refractivity contribution >= 4 is 55.5 Å². The van der Waals surface area contributed by atoms with E-state index in [-0.39, 0.29) is 5.91 Å². The van der Waals surface area contributed by atoms with Crippen LogP contribution in [0.15, 0.2) is 30.3 Å². The lowest BCUT2D eigenvalue weighted by atomic mass is 10.2. The molecular formula is C17H16ClN3OS2. The molecular weight excluding hydrogens is 362 g/mol. The lowest BCUT2D eigenvalue weighted by Gasteiger charge is -2.34. The quantitative estimate of drug-likeness (QED) is 0.668. The van der Waals surface area contributed by atoms with Crippen molar-refractivity contribution in [1.82, 2.24) is 9.88 Å². The fraction of sp³-hybridized carbons (Fsp3) is 0.294. The first-order valence-corrected chi connectivity index (χ1v) is 9.78. The SMILES string of the molecule is Cc1ccc2nc(N3CCN(C(=O)c4ccc(Cl)s4)CC3)sc2c1. The average Bonchev–Trinajstić information content (AvgIpc) is 3.20. The highest BCUT2D eigenvalue weighted by atomic mass is 35.5. The monoisotopic (exact) mass is 377 g/mol. The minimum absolute atomic E-state index is 0.0754. The number of fused-ring (bicyclic) bond motifs is 1. The van der Waals surface area contributed by atoms with Crippen LogP contribution in [0.5, 0.6) is 0 Å². The summed E-state index contributed by atoms with van der Waals surface area (Å²) in [5.74, 6) is 0.0754. The van der Waals surface area contributed by atoms with Gasteiger partial charge in [0.1, 0.15) is 0 Å². The Morgan fingerprint density at radius 1 is 1.12 bits per heavy atom. The summed E-state index contributed by atoms with van der Waals surface area (Å²) in [5, 5.41) is 1.04. The van der Waals surface area contributed by atoms with Gasteiger partial charge >= 0.3 is 0 Å². The molecule has 4 nitrogen and oxygen atoms in total. The van der Waals surface area contributed by atoms with E-state index in [2.05, 4.69) is 30.0 Å². The lowest BCUT2D eigenvalue weighted by molar-refractivity contribution is 0.0751. The van der Waals surface area contributed by atoms with Crippen molar-refractivity contribution in [2.24, 2.45) is 0 Å². The minimum atomic E-state index is 0.0754. The van der Waals surface area contributed by atoms with Crippen LogP contribution in [0.2, 0.25) is 4.34 Å². The highest BCUT2D eigenvalue weighted by Gasteiger charge is 2.24. The first-order valence-electron chi connectivity index (χ1n) is 7.77. The van der Waals surface area contributed by atoms with E-state index in [9.17, 15) is 4.79 Å². The van der Waals surface area contributed by atoms with Crippen molar-refractivity contribution in [3.63, 3.8) is 0 Å². The van der Waals surface area contributed by atoms with Crippen LogP contribution in [0, 0.1) is 6.92 Å². The van der Waals surface area contributed by atoms with E-state index in [1.165, 1.54) is 21.6 Å². The summed E-state index contributed by atoms with van der Waals surface area (Å²) in [7, 11) is 0. The van der Waals surface area contributed by atoms with Crippen molar-refractivity contribution in [1.29, 1.82) is 0 Å². The molecule has 0 spiro atoms. The number of thiophene rings is 1. The molecule has 1 aliphatic rings. The number of halogens is 1. The molecule has 0 unspecified atom stereocenters. The number of thiazole rings is 1. The first kappa shape index (κ1) is 15.9. The number of amides is 1. The second-order valence-corrected chi connectivity index (χ2v) is 8.57. The second kappa shape index (κ2) is 6.35. The largest absolute Gasteiger partial charge is 0.345 e. The van der Waals surface area contributed by atoms with Gasteiger partial charge in [0.15, 0.2) is 5.13 Å². The second-order valence-electron chi connectivity index (χ2n) is 5.85. The fourth-order valence-electron chi connectivity index (χ4n) is 2.84. The number of carbonyl (C=O) groups is 1. The number of piperazine rings is 1. The zero-order valence-corrected chi connectivity index (χ0v) is 15.5. The number of nitrogens with zero attached hydrogens (tertiary/aromatic N) is 3. The summed E-state index contributed by atoms with van der Waals surface area (Å²) in [6.45, 7) is 5.14. The summed E-state index contributed by atoms with van der Waals surface area (Å²) in [6, 6.07) is 9.92. The third-order valence-electron chi connectivity index (χ3n) is 4.15. The number of aromatic nitrogens is 1. The first-order chi connectivity index (χ1) is 11.6. The van der Waals surface area contributed by atoms with Crippen LogP contribution in [-0.4, -0.2) is 42.0 Å². The summed E-state index contributed by atoms with van der Waals surface area (Å²) >= 11 is 8.99. The van der Waals surface area contributed by atoms with Gasteiger partial charge in [-0.05, 0) is 36.8 Å². The molecule has 3 aromatic rings. The highest BCUT2D eigenvalue weighted by molar-refractivity contribution is 7.22. The maximum Gasteiger partial charge on any atom is 0.264 e. The van der Waals surface area contributed by atoms with Gasteiger partial charge < -0.3 is 9.80 Å².